The molecule has 35 nitrogen and oxygen atoms in total. The Kier molecular flexibility index (Phi) is 47.1. The summed E-state index contributed by atoms with van der Waals surface area (Å²) in [5, 5.41) is 226. The molecular formula is C76H140N2O33. The molecule has 30 atom stereocenters. The number of carbonyl (C=O) groups excluding carboxylic acids is 2. The van der Waals surface area contributed by atoms with Crippen molar-refractivity contribution in [1.82, 2.24) is 10.6 Å². The molecule has 5 aliphatic rings. The van der Waals surface area contributed by atoms with Crippen LogP contribution in [0.3, 0.4) is 0 Å². The number of carboxylic acids is 1. The molecule has 111 heavy (non-hydrogen) atoms. The van der Waals surface area contributed by atoms with Crippen molar-refractivity contribution in [2.24, 2.45) is 0 Å². The topological polar surface area (TPSA) is 572 Å². The summed E-state index contributed by atoms with van der Waals surface area (Å²) in [5.41, 5.74) is 0. The zero-order valence-electron chi connectivity index (χ0n) is 65.3. The quantitative estimate of drug-likeness (QED) is 0.0322. The van der Waals surface area contributed by atoms with Gasteiger partial charge in [0.15, 0.2) is 25.2 Å². The minimum absolute atomic E-state index is 0.0873. The number of nitrogens with one attached hydrogen (secondary N) is 2. The monoisotopic (exact) mass is 1610 g/mol. The third-order valence-electron chi connectivity index (χ3n) is 22.0. The first-order valence-corrected chi connectivity index (χ1v) is 41.1. The van der Waals surface area contributed by atoms with Crippen LogP contribution in [0.5, 0.6) is 0 Å². The molecule has 652 valence electrons. The van der Waals surface area contributed by atoms with E-state index in [2.05, 4.69) is 24.5 Å². The maximum atomic E-state index is 13.9. The van der Waals surface area contributed by atoms with Crippen molar-refractivity contribution in [2.45, 2.75) is 423 Å². The number of amides is 2. The van der Waals surface area contributed by atoms with Gasteiger partial charge in [-0.2, -0.15) is 0 Å². The average Bonchev–Trinajstić information content (AvgIpc) is 1.52. The molecule has 0 spiro atoms. The van der Waals surface area contributed by atoms with E-state index in [4.69, 9.17) is 47.4 Å². The maximum Gasteiger partial charge on any atom is 0.364 e. The van der Waals surface area contributed by atoms with E-state index >= 15 is 0 Å². The highest BCUT2D eigenvalue weighted by Gasteiger charge is 2.62. The smallest absolute Gasteiger partial charge is 0.364 e. The lowest BCUT2D eigenvalue weighted by Crippen LogP contribution is -2.72. The largest absolute Gasteiger partial charge is 0.477 e. The zero-order chi connectivity index (χ0) is 81.7. The number of hydrogen-bond acceptors (Lipinski definition) is 32. The van der Waals surface area contributed by atoms with Gasteiger partial charge in [-0.25, -0.2) is 4.79 Å². The Bertz CT molecular complexity index is 2490. The molecule has 0 saturated carbocycles. The van der Waals surface area contributed by atoms with Crippen molar-refractivity contribution in [3.8, 4) is 0 Å². The van der Waals surface area contributed by atoms with Gasteiger partial charge in [0.25, 0.3) is 5.79 Å². The first-order chi connectivity index (χ1) is 53.2. The molecule has 0 bridgehead atoms. The van der Waals surface area contributed by atoms with Gasteiger partial charge < -0.3 is 160 Å². The fourth-order valence-corrected chi connectivity index (χ4v) is 15.1. The fraction of sp³-hybridized carbons (Fsp3) is 0.961. The van der Waals surface area contributed by atoms with Crippen LogP contribution in [0.1, 0.15) is 239 Å². The molecule has 0 radical (unpaired) electrons. The molecule has 0 aromatic rings. The van der Waals surface area contributed by atoms with Crippen LogP contribution in [-0.4, -0.2) is 343 Å². The Hall–Kier alpha value is -2.75. The van der Waals surface area contributed by atoms with Crippen LogP contribution in [0.2, 0.25) is 0 Å². The standard InChI is InChI=1S/C76H140N2O33/c1-4-6-8-10-12-14-16-17-18-19-20-21-22-23-24-26-28-30-32-34-36-47(86)70(99)78-45(55(89)46(85)35-33-31-29-27-25-15-13-11-9-7-5-2)43-102-71-61(95)60(94)66(53(42-83)106-71)108-74-64(98)69(58(92)52(41-82)105-74)111-76(75(100)101)37-50(54(77-44(3)84)67(110-76)56(90)48(87)38-79)103-73-63(97)68(57(91)51(40-81)104-73)109-72-62(96)59(93)65(107-72)49(88)39-80/h45-69,71-74,79-83,85-98H,4-43H2,1-3H3,(H,77,84)(H,78,99)(H,100,101)/t45-,46+,47+,48+,49-,50-,51+,52+,53+,54+,55-,56+,57-,58-,59+,60+,61+,62+,63+,64+,65-,66+,67+,68-,69-,71+,72-,73-,74-,76-/m0/s1. The average molecular weight is 1610 g/mol. The van der Waals surface area contributed by atoms with Gasteiger partial charge in [-0.1, -0.05) is 213 Å². The molecule has 0 aromatic carbocycles. The molecular weight excluding hydrogens is 1470 g/mol. The predicted octanol–water partition coefficient (Wildman–Crippen LogP) is -1.07. The zero-order valence-corrected chi connectivity index (χ0v) is 65.3. The van der Waals surface area contributed by atoms with Gasteiger partial charge in [0.2, 0.25) is 11.8 Å². The van der Waals surface area contributed by atoms with Crippen molar-refractivity contribution in [3.63, 3.8) is 0 Å². The number of aliphatic hydroxyl groups is 19. The summed E-state index contributed by atoms with van der Waals surface area (Å²) in [4.78, 5) is 40.6. The second kappa shape index (κ2) is 52.9. The Morgan fingerprint density at radius 3 is 1.33 bits per heavy atom. The minimum Gasteiger partial charge on any atom is -0.477 e. The van der Waals surface area contributed by atoms with Gasteiger partial charge in [0, 0.05) is 13.3 Å². The second-order valence-corrected chi connectivity index (χ2v) is 30.9. The number of aliphatic carboxylic acids is 1. The molecule has 5 aliphatic heterocycles. The van der Waals surface area contributed by atoms with Gasteiger partial charge in [0.05, 0.1) is 63.9 Å². The summed E-state index contributed by atoms with van der Waals surface area (Å²) < 4.78 is 58.3. The molecule has 5 rings (SSSR count). The second-order valence-electron chi connectivity index (χ2n) is 30.9. The Labute approximate surface area is 652 Å². The van der Waals surface area contributed by atoms with Crippen molar-refractivity contribution in [1.29, 1.82) is 0 Å². The van der Waals surface area contributed by atoms with E-state index in [1.165, 1.54) is 122 Å². The lowest BCUT2D eigenvalue weighted by atomic mass is 9.87. The van der Waals surface area contributed by atoms with E-state index in [1.807, 2.05) is 0 Å². The van der Waals surface area contributed by atoms with Crippen molar-refractivity contribution < 1.29 is 164 Å². The van der Waals surface area contributed by atoms with Gasteiger partial charge in [-0.15, -0.1) is 0 Å². The number of rotatable bonds is 58. The molecule has 35 heteroatoms. The normalized spacial score (nSPS) is 33.9. The molecule has 0 unspecified atom stereocenters. The Morgan fingerprint density at radius 1 is 0.450 bits per heavy atom. The summed E-state index contributed by atoms with van der Waals surface area (Å²) >= 11 is 0. The van der Waals surface area contributed by atoms with Crippen molar-refractivity contribution >= 4 is 17.8 Å². The number of unbranched alkanes of at least 4 members (excludes halogenated alkanes) is 29. The summed E-state index contributed by atoms with van der Waals surface area (Å²) in [6.07, 6.45) is -21.1. The van der Waals surface area contributed by atoms with Gasteiger partial charge in [0.1, 0.15) is 128 Å². The van der Waals surface area contributed by atoms with Gasteiger partial charge in [-0.05, 0) is 12.8 Å². The van der Waals surface area contributed by atoms with Crippen LogP contribution in [0.15, 0.2) is 0 Å². The molecule has 2 amide bonds. The summed E-state index contributed by atoms with van der Waals surface area (Å²) in [6, 6.07) is -3.37. The van der Waals surface area contributed by atoms with Crippen LogP contribution in [0.4, 0.5) is 0 Å². The van der Waals surface area contributed by atoms with E-state index in [1.54, 1.807) is 0 Å². The number of carbonyl (C=O) groups is 3. The summed E-state index contributed by atoms with van der Waals surface area (Å²) in [5.74, 6) is -7.46. The van der Waals surface area contributed by atoms with E-state index < -0.39 is 247 Å². The highest BCUT2D eigenvalue weighted by molar-refractivity contribution is 5.80. The van der Waals surface area contributed by atoms with Crippen LogP contribution in [0, 0.1) is 0 Å². The first-order valence-electron chi connectivity index (χ1n) is 41.1. The van der Waals surface area contributed by atoms with Crippen molar-refractivity contribution in [2.75, 3.05) is 39.6 Å². The van der Waals surface area contributed by atoms with E-state index in [9.17, 15) is 117 Å². The fourth-order valence-electron chi connectivity index (χ4n) is 15.1. The molecule has 0 aliphatic carbocycles. The Morgan fingerprint density at radius 2 is 0.874 bits per heavy atom. The summed E-state index contributed by atoms with van der Waals surface area (Å²) in [7, 11) is 0. The van der Waals surface area contributed by atoms with Gasteiger partial charge >= 0.3 is 5.97 Å². The van der Waals surface area contributed by atoms with Crippen LogP contribution in [0.25, 0.3) is 0 Å². The lowest BCUT2D eigenvalue weighted by molar-refractivity contribution is -0.393. The predicted molar refractivity (Wildman–Crippen MR) is 393 cm³/mol. The number of carboxylic acid groups (broad SMARTS) is 1. The number of aliphatic hydroxyl groups excluding tert-OH is 19. The first kappa shape index (κ1) is 98.8. The highest BCUT2D eigenvalue weighted by Crippen LogP contribution is 2.42. The van der Waals surface area contributed by atoms with Gasteiger partial charge in [-0.3, -0.25) is 9.59 Å². The van der Waals surface area contributed by atoms with E-state index in [-0.39, 0.29) is 12.8 Å². The highest BCUT2D eigenvalue weighted by atomic mass is 16.8. The van der Waals surface area contributed by atoms with E-state index in [0.29, 0.717) is 12.8 Å². The van der Waals surface area contributed by atoms with Crippen LogP contribution >= 0.6 is 0 Å². The number of hydrogen-bond donors (Lipinski definition) is 22. The Balaban J connectivity index is 1.27. The molecule has 22 N–H and O–H groups in total. The molecule has 5 heterocycles. The molecule has 5 fully saturated rings. The third-order valence-corrected chi connectivity index (χ3v) is 22.0. The van der Waals surface area contributed by atoms with Crippen LogP contribution in [-0.2, 0) is 61.8 Å². The molecule has 5 saturated heterocycles. The third kappa shape index (κ3) is 30.8. The molecule has 0 aromatic heterocycles. The SMILES string of the molecule is CCCCCCCCCCCCCCCCCCCCCC[C@@H](O)C(=O)N[C@@H](CO[C@@H]1O[C@H](CO)[C@@H](O[C@@H]2O[C@H](CO)[C@H](O)[C@H](O[C@]3(C(=O)O)C[C@H](O[C@H]4O[C@H](CO)[C@H](O)[C@H](O[C@@H]5O[C@@H]([C@@H](O)CO)[C@H](O)[C@H]5O)[C@H]4O)[C@@H](NC(C)=O)[C@H]([C@H](O)[C@H](O)CO)O3)[C@H]2O)[C@H](O)[C@H]1O)[C@H](O)[C@H](O)CCCCCCCCCCCCC. The summed E-state index contributed by atoms with van der Waals surface area (Å²) in [6.45, 7) is -0.908. The lowest BCUT2D eigenvalue weighted by Gasteiger charge is -2.52. The minimum atomic E-state index is -3.43. The maximum absolute atomic E-state index is 13.9. The van der Waals surface area contributed by atoms with Crippen molar-refractivity contribution in [3.05, 3.63) is 0 Å². The van der Waals surface area contributed by atoms with Crippen LogP contribution < -0.4 is 10.6 Å². The van der Waals surface area contributed by atoms with E-state index in [0.717, 1.165) is 71.1 Å². The number of ether oxygens (including phenoxy) is 10.